The minimum Gasteiger partial charge on any atom is -0.469 e. The predicted octanol–water partition coefficient (Wildman–Crippen LogP) is 0.909. The van der Waals surface area contributed by atoms with Crippen LogP contribution in [0.4, 0.5) is 4.79 Å². The molecule has 20 heavy (non-hydrogen) atoms. The molecule has 0 aliphatic carbocycles. The summed E-state index contributed by atoms with van der Waals surface area (Å²) in [6.07, 6.45) is 9.83. The maximum Gasteiger partial charge on any atom is 0.314 e. The number of piperidine rings is 1. The van der Waals surface area contributed by atoms with Gasteiger partial charge in [-0.15, -0.1) is 0 Å². The number of carbonyl (C=O) groups is 1. The Morgan fingerprint density at radius 1 is 1.35 bits per heavy atom. The van der Waals surface area contributed by atoms with Crippen LogP contribution >= 0.6 is 0 Å². The Morgan fingerprint density at radius 3 is 2.80 bits per heavy atom. The van der Waals surface area contributed by atoms with Crippen molar-refractivity contribution in [1.29, 1.82) is 0 Å². The Kier molecular flexibility index (Phi) is 3.67. The molecule has 0 aromatic carbocycles. The number of amides is 2. The van der Waals surface area contributed by atoms with Crippen molar-refractivity contribution >= 4 is 6.03 Å². The molecule has 0 aromatic rings. The van der Waals surface area contributed by atoms with Crippen molar-refractivity contribution in [1.82, 2.24) is 10.2 Å². The van der Waals surface area contributed by atoms with Crippen molar-refractivity contribution < 1.29 is 14.3 Å². The highest BCUT2D eigenvalue weighted by molar-refractivity contribution is 5.72. The summed E-state index contributed by atoms with van der Waals surface area (Å²) >= 11 is 0. The molecule has 6 nitrogen and oxygen atoms in total. The van der Waals surface area contributed by atoms with Crippen molar-refractivity contribution in [3.63, 3.8) is 0 Å². The van der Waals surface area contributed by atoms with Crippen LogP contribution in [0.5, 0.6) is 0 Å². The van der Waals surface area contributed by atoms with Crippen molar-refractivity contribution in [2.24, 2.45) is 11.1 Å². The lowest BCUT2D eigenvalue weighted by molar-refractivity contribution is -0.158. The molecule has 2 saturated heterocycles. The fraction of sp³-hybridized carbons (Fsp3) is 0.643. The number of nitrogens with two attached hydrogens (primary N) is 1. The molecule has 2 fully saturated rings. The number of allylic oxidation sites excluding steroid dienone is 2. The van der Waals surface area contributed by atoms with Crippen molar-refractivity contribution in [3.05, 3.63) is 24.5 Å². The number of primary amides is 1. The third-order valence-electron chi connectivity index (χ3n) is 4.52. The van der Waals surface area contributed by atoms with E-state index >= 15 is 0 Å². The second-order valence-corrected chi connectivity index (χ2v) is 5.63. The van der Waals surface area contributed by atoms with E-state index in [2.05, 4.69) is 5.32 Å². The summed E-state index contributed by atoms with van der Waals surface area (Å²) in [4.78, 5) is 12.9. The summed E-state index contributed by atoms with van der Waals surface area (Å²) in [6.45, 7) is 2.35. The maximum atomic E-state index is 11.2. The first-order valence-corrected chi connectivity index (χ1v) is 7.12. The monoisotopic (exact) mass is 279 g/mol. The second-order valence-electron chi connectivity index (χ2n) is 5.63. The van der Waals surface area contributed by atoms with Gasteiger partial charge in [0.2, 0.25) is 6.29 Å². The lowest BCUT2D eigenvalue weighted by atomic mass is 9.76. The zero-order valence-electron chi connectivity index (χ0n) is 11.5. The van der Waals surface area contributed by atoms with E-state index in [1.54, 1.807) is 11.2 Å². The van der Waals surface area contributed by atoms with Gasteiger partial charge in [0, 0.05) is 18.5 Å². The maximum absolute atomic E-state index is 11.2. The molecule has 0 radical (unpaired) electrons. The highest BCUT2D eigenvalue weighted by Crippen LogP contribution is 2.42. The molecule has 3 heterocycles. The van der Waals surface area contributed by atoms with E-state index in [1.807, 2.05) is 18.2 Å². The number of nitrogens with one attached hydrogen (secondary N) is 1. The van der Waals surface area contributed by atoms with Crippen LogP contribution in [-0.4, -0.2) is 43.1 Å². The smallest absolute Gasteiger partial charge is 0.314 e. The topological polar surface area (TPSA) is 76.8 Å². The van der Waals surface area contributed by atoms with E-state index in [-0.39, 0.29) is 24.0 Å². The van der Waals surface area contributed by atoms with E-state index < -0.39 is 0 Å². The summed E-state index contributed by atoms with van der Waals surface area (Å²) in [5.74, 6) is 0. The minimum atomic E-state index is -0.332. The van der Waals surface area contributed by atoms with Gasteiger partial charge in [-0.3, -0.25) is 5.32 Å². The van der Waals surface area contributed by atoms with Crippen molar-refractivity contribution in [3.8, 4) is 0 Å². The van der Waals surface area contributed by atoms with Crippen LogP contribution in [0.1, 0.15) is 19.3 Å². The van der Waals surface area contributed by atoms with Crippen molar-refractivity contribution in [2.75, 3.05) is 19.6 Å². The van der Waals surface area contributed by atoms with Gasteiger partial charge < -0.3 is 20.1 Å². The summed E-state index contributed by atoms with van der Waals surface area (Å²) < 4.78 is 11.5. The van der Waals surface area contributed by atoms with Gasteiger partial charge in [-0.05, 0) is 38.0 Å². The lowest BCUT2D eigenvalue weighted by Gasteiger charge is -2.42. The molecule has 110 valence electrons. The van der Waals surface area contributed by atoms with Gasteiger partial charge in [0.05, 0.1) is 6.26 Å². The Labute approximate surface area is 118 Å². The van der Waals surface area contributed by atoms with E-state index in [4.69, 9.17) is 15.2 Å². The largest absolute Gasteiger partial charge is 0.469 e. The van der Waals surface area contributed by atoms with Crippen LogP contribution in [0.15, 0.2) is 24.5 Å². The van der Waals surface area contributed by atoms with Gasteiger partial charge in [0.15, 0.2) is 0 Å². The van der Waals surface area contributed by atoms with Crippen LogP contribution in [0.2, 0.25) is 0 Å². The van der Waals surface area contributed by atoms with E-state index in [1.165, 1.54) is 0 Å². The third kappa shape index (κ3) is 2.53. The van der Waals surface area contributed by atoms with Gasteiger partial charge in [0.1, 0.15) is 6.23 Å². The van der Waals surface area contributed by atoms with Gasteiger partial charge in [0.25, 0.3) is 0 Å². The summed E-state index contributed by atoms with van der Waals surface area (Å²) in [5, 5.41) is 3.41. The SMILES string of the molecule is NC(=O)N1CCC2(CCNC2OC2C=CC=CO2)CC1. The van der Waals surface area contributed by atoms with Crippen LogP contribution < -0.4 is 11.1 Å². The molecule has 0 saturated carbocycles. The number of carbonyl (C=O) groups excluding carboxylic acids is 1. The standard InChI is InChI=1S/C14H21N3O3/c15-13(18)17-8-5-14(6-9-17)4-7-16-12(14)20-11-3-1-2-10-19-11/h1-3,10-12,16H,4-9H2,(H2,15,18). The molecule has 2 amide bonds. The van der Waals surface area contributed by atoms with Gasteiger partial charge in [-0.1, -0.05) is 6.08 Å². The predicted molar refractivity (Wildman–Crippen MR) is 73.5 cm³/mol. The molecular formula is C14H21N3O3. The number of likely N-dealkylation sites (tertiary alicyclic amines) is 1. The molecule has 3 aliphatic rings. The van der Waals surface area contributed by atoms with E-state index in [9.17, 15) is 4.79 Å². The molecule has 3 rings (SSSR count). The molecule has 6 heteroatoms. The molecule has 3 N–H and O–H groups in total. The van der Waals surface area contributed by atoms with Crippen LogP contribution in [0, 0.1) is 5.41 Å². The Morgan fingerprint density at radius 2 is 2.15 bits per heavy atom. The minimum absolute atomic E-state index is 0.0290. The number of nitrogens with zero attached hydrogens (tertiary/aromatic N) is 1. The molecule has 0 bridgehead atoms. The average Bonchev–Trinajstić information content (AvgIpc) is 2.83. The molecular weight excluding hydrogens is 258 g/mol. The first-order valence-electron chi connectivity index (χ1n) is 7.12. The summed E-state index contributed by atoms with van der Waals surface area (Å²) in [7, 11) is 0. The number of urea groups is 1. The Hall–Kier alpha value is -1.53. The molecule has 2 unspecified atom stereocenters. The fourth-order valence-electron chi connectivity index (χ4n) is 3.26. The first-order chi connectivity index (χ1) is 9.70. The Bertz CT molecular complexity index is 427. The zero-order valence-corrected chi connectivity index (χ0v) is 11.5. The highest BCUT2D eigenvalue weighted by atomic mass is 16.7. The first kappa shape index (κ1) is 13.5. The number of ether oxygens (including phenoxy) is 2. The van der Waals surface area contributed by atoms with Gasteiger partial charge in [-0.2, -0.15) is 0 Å². The molecule has 2 atom stereocenters. The number of rotatable bonds is 2. The van der Waals surface area contributed by atoms with Crippen LogP contribution in [-0.2, 0) is 9.47 Å². The fourth-order valence-corrected chi connectivity index (χ4v) is 3.26. The highest BCUT2D eigenvalue weighted by Gasteiger charge is 2.46. The summed E-state index contributed by atoms with van der Waals surface area (Å²) in [5.41, 5.74) is 5.43. The van der Waals surface area contributed by atoms with Crippen LogP contribution in [0.25, 0.3) is 0 Å². The average molecular weight is 279 g/mol. The molecule has 1 spiro atoms. The normalized spacial score (nSPS) is 31.5. The van der Waals surface area contributed by atoms with Crippen LogP contribution in [0.3, 0.4) is 0 Å². The number of hydrogen-bond donors (Lipinski definition) is 2. The molecule has 3 aliphatic heterocycles. The van der Waals surface area contributed by atoms with E-state index in [0.29, 0.717) is 13.1 Å². The van der Waals surface area contributed by atoms with E-state index in [0.717, 1.165) is 25.8 Å². The quantitative estimate of drug-likeness (QED) is 0.787. The number of hydrogen-bond acceptors (Lipinski definition) is 4. The Balaban J connectivity index is 1.62. The second kappa shape index (κ2) is 5.46. The van der Waals surface area contributed by atoms with Gasteiger partial charge in [-0.25, -0.2) is 4.79 Å². The van der Waals surface area contributed by atoms with Gasteiger partial charge >= 0.3 is 6.03 Å². The molecule has 0 aromatic heterocycles. The summed E-state index contributed by atoms with van der Waals surface area (Å²) in [6, 6.07) is -0.327. The lowest BCUT2D eigenvalue weighted by Crippen LogP contribution is -2.51. The third-order valence-corrected chi connectivity index (χ3v) is 4.52. The zero-order chi connectivity index (χ0) is 14.0. The van der Waals surface area contributed by atoms with Crippen molar-refractivity contribution in [2.45, 2.75) is 31.8 Å².